The summed E-state index contributed by atoms with van der Waals surface area (Å²) < 4.78 is 5.89. The van der Waals surface area contributed by atoms with E-state index < -0.39 is 5.97 Å². The maximum atomic E-state index is 11.0. The Hall–Kier alpha value is -1.75. The number of benzene rings is 1. The second-order valence-corrected chi connectivity index (χ2v) is 4.55. The van der Waals surface area contributed by atoms with Crippen LogP contribution < -0.4 is 15.0 Å². The lowest BCUT2D eigenvalue weighted by molar-refractivity contribution is 0.0696. The molecule has 0 saturated heterocycles. The number of nitrogens with zero attached hydrogens (tertiary/aromatic N) is 1. The van der Waals surface area contributed by atoms with Crippen LogP contribution in [0.2, 0.25) is 0 Å². The Morgan fingerprint density at radius 3 is 2.89 bits per heavy atom. The Morgan fingerprint density at radius 1 is 1.56 bits per heavy atom. The number of rotatable bonds is 3. The van der Waals surface area contributed by atoms with Crippen molar-refractivity contribution >= 4 is 11.7 Å². The van der Waals surface area contributed by atoms with Gasteiger partial charge in [0.15, 0.2) is 0 Å². The van der Waals surface area contributed by atoms with E-state index in [2.05, 4.69) is 17.1 Å². The molecule has 0 radical (unpaired) electrons. The molecular formula is C13H18N2O3. The first-order valence-corrected chi connectivity index (χ1v) is 5.96. The third-order valence-electron chi connectivity index (χ3n) is 3.42. The second-order valence-electron chi connectivity index (χ2n) is 4.55. The minimum absolute atomic E-state index is 0.0585. The molecule has 1 aromatic rings. The predicted molar refractivity (Wildman–Crippen MR) is 69.6 cm³/mol. The summed E-state index contributed by atoms with van der Waals surface area (Å²) in [5.74, 6) is -0.183. The average Bonchev–Trinajstić information content (AvgIpc) is 2.35. The molecule has 1 aromatic carbocycles. The first-order chi connectivity index (χ1) is 8.54. The highest BCUT2D eigenvalue weighted by Gasteiger charge is 2.30. The van der Waals surface area contributed by atoms with Gasteiger partial charge in [-0.15, -0.1) is 0 Å². The number of ether oxygens (including phenoxy) is 1. The smallest absolute Gasteiger partial charge is 0.335 e. The molecule has 2 atom stereocenters. The summed E-state index contributed by atoms with van der Waals surface area (Å²) in [4.78, 5) is 13.0. The quantitative estimate of drug-likeness (QED) is 0.843. The zero-order valence-corrected chi connectivity index (χ0v) is 10.8. The normalized spacial score (nSPS) is 22.3. The van der Waals surface area contributed by atoms with E-state index in [0.29, 0.717) is 0 Å². The molecular weight excluding hydrogens is 232 g/mol. The van der Waals surface area contributed by atoms with Gasteiger partial charge in [-0.05, 0) is 32.2 Å². The molecule has 98 valence electrons. The van der Waals surface area contributed by atoms with E-state index in [-0.39, 0.29) is 17.7 Å². The van der Waals surface area contributed by atoms with Gasteiger partial charge in [0.25, 0.3) is 0 Å². The second kappa shape index (κ2) is 4.86. The lowest BCUT2D eigenvalue weighted by Crippen LogP contribution is -2.50. The van der Waals surface area contributed by atoms with Crippen molar-refractivity contribution in [3.8, 4) is 5.75 Å². The topological polar surface area (TPSA) is 61.8 Å². The number of carbonyl (C=O) groups is 1. The summed E-state index contributed by atoms with van der Waals surface area (Å²) in [5.41, 5.74) is 1.11. The zero-order chi connectivity index (χ0) is 13.3. The van der Waals surface area contributed by atoms with Gasteiger partial charge in [-0.25, -0.2) is 4.79 Å². The van der Waals surface area contributed by atoms with Crippen molar-refractivity contribution in [1.82, 2.24) is 5.32 Å². The van der Waals surface area contributed by atoms with Gasteiger partial charge in [-0.3, -0.25) is 0 Å². The number of carboxylic acid groups (broad SMARTS) is 1. The lowest BCUT2D eigenvalue weighted by atomic mass is 10.1. The highest BCUT2D eigenvalue weighted by molar-refractivity contribution is 5.89. The third-order valence-corrected chi connectivity index (χ3v) is 3.42. The Balaban J connectivity index is 2.36. The van der Waals surface area contributed by atoms with Gasteiger partial charge >= 0.3 is 5.97 Å². The maximum absolute atomic E-state index is 11.0. The molecule has 5 heteroatoms. The number of hydrogen-bond donors (Lipinski definition) is 2. The Labute approximate surface area is 106 Å². The van der Waals surface area contributed by atoms with Crippen molar-refractivity contribution in [3.05, 3.63) is 23.8 Å². The van der Waals surface area contributed by atoms with E-state index in [1.807, 2.05) is 14.1 Å². The number of hydrogen-bond acceptors (Lipinski definition) is 4. The molecule has 2 N–H and O–H groups in total. The van der Waals surface area contributed by atoms with Crippen LogP contribution in [-0.4, -0.2) is 43.9 Å². The Kier molecular flexibility index (Phi) is 3.43. The fourth-order valence-corrected chi connectivity index (χ4v) is 2.17. The van der Waals surface area contributed by atoms with E-state index in [1.165, 1.54) is 0 Å². The van der Waals surface area contributed by atoms with Crippen molar-refractivity contribution in [3.63, 3.8) is 0 Å². The van der Waals surface area contributed by atoms with E-state index in [0.717, 1.165) is 18.0 Å². The number of carboxylic acids is 1. The molecule has 0 fully saturated rings. The summed E-state index contributed by atoms with van der Waals surface area (Å²) in [5, 5.41) is 12.1. The lowest BCUT2D eigenvalue weighted by Gasteiger charge is -2.39. The molecule has 1 aliphatic rings. The fraction of sp³-hybridized carbons (Fsp3) is 0.462. The highest BCUT2D eigenvalue weighted by atomic mass is 16.5. The van der Waals surface area contributed by atoms with Gasteiger partial charge in [0.05, 0.1) is 17.3 Å². The van der Waals surface area contributed by atoms with Crippen molar-refractivity contribution in [2.75, 3.05) is 25.5 Å². The van der Waals surface area contributed by atoms with Crippen molar-refractivity contribution < 1.29 is 14.6 Å². The summed E-state index contributed by atoms with van der Waals surface area (Å²) in [7, 11) is 3.85. The summed E-state index contributed by atoms with van der Waals surface area (Å²) in [6.07, 6.45) is 0.0585. The number of anilines is 1. The number of nitrogens with one attached hydrogen (secondary N) is 1. The van der Waals surface area contributed by atoms with Crippen molar-refractivity contribution in [2.24, 2.45) is 0 Å². The monoisotopic (exact) mass is 250 g/mol. The summed E-state index contributed by atoms with van der Waals surface area (Å²) in [6, 6.07) is 5.14. The van der Waals surface area contributed by atoms with Crippen LogP contribution in [0.1, 0.15) is 17.3 Å². The largest absolute Gasteiger partial charge is 0.485 e. The van der Waals surface area contributed by atoms with E-state index in [1.54, 1.807) is 18.2 Å². The molecule has 1 heterocycles. The first kappa shape index (κ1) is 12.7. The Morgan fingerprint density at radius 2 is 2.28 bits per heavy atom. The molecule has 0 spiro atoms. The molecule has 0 saturated carbocycles. The van der Waals surface area contributed by atoms with Crippen LogP contribution in [0, 0.1) is 0 Å². The molecule has 2 rings (SSSR count). The highest BCUT2D eigenvalue weighted by Crippen LogP contribution is 2.35. The van der Waals surface area contributed by atoms with Gasteiger partial charge in [0.1, 0.15) is 11.9 Å². The van der Waals surface area contributed by atoms with Gasteiger partial charge < -0.3 is 20.1 Å². The van der Waals surface area contributed by atoms with E-state index >= 15 is 0 Å². The van der Waals surface area contributed by atoms with E-state index in [4.69, 9.17) is 9.84 Å². The van der Waals surface area contributed by atoms with Crippen LogP contribution in [0.3, 0.4) is 0 Å². The van der Waals surface area contributed by atoms with Gasteiger partial charge in [0.2, 0.25) is 0 Å². The molecule has 0 amide bonds. The van der Waals surface area contributed by atoms with Crippen LogP contribution in [0.5, 0.6) is 5.75 Å². The fourth-order valence-electron chi connectivity index (χ4n) is 2.17. The summed E-state index contributed by atoms with van der Waals surface area (Å²) >= 11 is 0. The molecule has 5 nitrogen and oxygen atoms in total. The van der Waals surface area contributed by atoms with Crippen molar-refractivity contribution in [1.29, 1.82) is 0 Å². The van der Waals surface area contributed by atoms with Gasteiger partial charge in [-0.2, -0.15) is 0 Å². The van der Waals surface area contributed by atoms with Crippen LogP contribution in [0.15, 0.2) is 18.2 Å². The van der Waals surface area contributed by atoms with Crippen molar-refractivity contribution in [2.45, 2.75) is 19.1 Å². The average molecular weight is 250 g/mol. The van der Waals surface area contributed by atoms with E-state index in [9.17, 15) is 4.79 Å². The van der Waals surface area contributed by atoms with Gasteiger partial charge in [0, 0.05) is 13.6 Å². The van der Waals surface area contributed by atoms with Crippen LogP contribution >= 0.6 is 0 Å². The molecule has 0 aromatic heterocycles. The van der Waals surface area contributed by atoms with Gasteiger partial charge in [-0.1, -0.05) is 0 Å². The predicted octanol–water partition coefficient (Wildman–Crippen LogP) is 1.19. The number of aromatic carboxylic acids is 1. The maximum Gasteiger partial charge on any atom is 0.335 e. The number of fused-ring (bicyclic) bond motifs is 1. The molecule has 0 aliphatic carbocycles. The molecule has 18 heavy (non-hydrogen) atoms. The SMILES string of the molecule is CNCC1Oc2ccc(C(=O)O)cc2N(C)C1C. The first-order valence-electron chi connectivity index (χ1n) is 5.96. The summed E-state index contributed by atoms with van der Waals surface area (Å²) in [6.45, 7) is 2.82. The molecule has 1 aliphatic heterocycles. The third kappa shape index (κ3) is 2.13. The molecule has 0 bridgehead atoms. The minimum Gasteiger partial charge on any atom is -0.485 e. The number of likely N-dealkylation sites (N-methyl/N-ethyl adjacent to an activating group) is 2. The zero-order valence-electron chi connectivity index (χ0n) is 10.8. The van der Waals surface area contributed by atoms with Crippen LogP contribution in [0.4, 0.5) is 5.69 Å². The van der Waals surface area contributed by atoms with Crippen LogP contribution in [-0.2, 0) is 0 Å². The minimum atomic E-state index is -0.920. The standard InChI is InChI=1S/C13H18N2O3/c1-8-12(7-14-2)18-11-5-4-9(13(16)17)6-10(11)15(8)3/h4-6,8,12,14H,7H2,1-3H3,(H,16,17). The van der Waals surface area contributed by atoms with Crippen LogP contribution in [0.25, 0.3) is 0 Å². The molecule has 2 unspecified atom stereocenters. The Bertz CT molecular complexity index is 462.